The van der Waals surface area contributed by atoms with E-state index in [9.17, 15) is 14.4 Å². The molecule has 3 amide bonds. The van der Waals surface area contributed by atoms with E-state index in [1.807, 2.05) is 62.4 Å². The van der Waals surface area contributed by atoms with E-state index < -0.39 is 11.8 Å². The van der Waals surface area contributed by atoms with Gasteiger partial charge in [0.05, 0.1) is 6.61 Å². The minimum absolute atomic E-state index is 0.00362. The van der Waals surface area contributed by atoms with Gasteiger partial charge in [0.25, 0.3) is 5.91 Å². The topological polar surface area (TPSA) is 96.5 Å². The lowest BCUT2D eigenvalue weighted by atomic mass is 10.1. The number of benzene rings is 3. The summed E-state index contributed by atoms with van der Waals surface area (Å²) in [5, 5.41) is 2.77. The zero-order valence-electron chi connectivity index (χ0n) is 19.4. The second kappa shape index (κ2) is 12.2. The van der Waals surface area contributed by atoms with Crippen LogP contribution < -0.4 is 20.9 Å². The van der Waals surface area contributed by atoms with Crippen LogP contribution in [0.1, 0.15) is 39.9 Å². The molecule has 3 N–H and O–H groups in total. The Morgan fingerprint density at radius 1 is 0.765 bits per heavy atom. The monoisotopic (exact) mass is 459 g/mol. The average Bonchev–Trinajstić information content (AvgIpc) is 2.84. The van der Waals surface area contributed by atoms with Gasteiger partial charge in [-0.15, -0.1) is 0 Å². The lowest BCUT2D eigenvalue weighted by Gasteiger charge is -2.10. The van der Waals surface area contributed by atoms with E-state index in [1.54, 1.807) is 24.3 Å². The fourth-order valence-electron chi connectivity index (χ4n) is 3.16. The van der Waals surface area contributed by atoms with Crippen molar-refractivity contribution in [1.29, 1.82) is 0 Å². The molecule has 0 fully saturated rings. The lowest BCUT2D eigenvalue weighted by molar-refractivity contribution is -0.124. The van der Waals surface area contributed by atoms with E-state index in [-0.39, 0.29) is 18.7 Å². The van der Waals surface area contributed by atoms with Gasteiger partial charge in [-0.3, -0.25) is 25.2 Å². The van der Waals surface area contributed by atoms with E-state index in [4.69, 9.17) is 4.74 Å². The molecule has 0 spiro atoms. The highest BCUT2D eigenvalue weighted by Crippen LogP contribution is 2.15. The van der Waals surface area contributed by atoms with Crippen LogP contribution in [0.25, 0.3) is 0 Å². The predicted molar refractivity (Wildman–Crippen MR) is 131 cm³/mol. The second-order valence-electron chi connectivity index (χ2n) is 7.96. The highest BCUT2D eigenvalue weighted by atomic mass is 16.5. The van der Waals surface area contributed by atoms with Crippen LogP contribution in [0.3, 0.4) is 0 Å². The summed E-state index contributed by atoms with van der Waals surface area (Å²) in [6.07, 6.45) is 0.743. The molecule has 0 aliphatic rings. The largest absolute Gasteiger partial charge is 0.493 e. The number of hydrazine groups is 1. The number of carbonyl (C=O) groups is 3. The van der Waals surface area contributed by atoms with Gasteiger partial charge < -0.3 is 10.1 Å². The average molecular weight is 460 g/mol. The molecule has 3 aromatic rings. The molecule has 0 saturated carbocycles. The summed E-state index contributed by atoms with van der Waals surface area (Å²) in [5.41, 5.74) is 9.16. The first-order valence-corrected chi connectivity index (χ1v) is 11.1. The number of hydrogen-bond donors (Lipinski definition) is 3. The molecule has 0 bridgehead atoms. The van der Waals surface area contributed by atoms with Crippen molar-refractivity contribution in [3.63, 3.8) is 0 Å². The predicted octanol–water partition coefficient (Wildman–Crippen LogP) is 4.10. The minimum Gasteiger partial charge on any atom is -0.493 e. The van der Waals surface area contributed by atoms with E-state index in [0.717, 1.165) is 17.5 Å². The van der Waals surface area contributed by atoms with Crippen LogP contribution in [0.15, 0.2) is 72.8 Å². The molecule has 3 aromatic carbocycles. The van der Waals surface area contributed by atoms with Crippen LogP contribution in [-0.4, -0.2) is 24.3 Å². The molecule has 0 aliphatic carbocycles. The smallest absolute Gasteiger partial charge is 0.269 e. The summed E-state index contributed by atoms with van der Waals surface area (Å²) < 4.78 is 5.71. The summed E-state index contributed by atoms with van der Waals surface area (Å²) in [5.74, 6) is -0.521. The van der Waals surface area contributed by atoms with Crippen LogP contribution in [-0.2, 0) is 16.0 Å². The normalized spacial score (nSPS) is 10.3. The molecule has 0 aromatic heterocycles. The molecule has 0 radical (unpaired) electrons. The van der Waals surface area contributed by atoms with Crippen molar-refractivity contribution in [3.05, 3.63) is 95.1 Å². The van der Waals surface area contributed by atoms with E-state index in [0.29, 0.717) is 23.6 Å². The Labute approximate surface area is 199 Å². The van der Waals surface area contributed by atoms with Crippen molar-refractivity contribution >= 4 is 23.4 Å². The minimum atomic E-state index is -0.455. The number of anilines is 1. The Morgan fingerprint density at radius 2 is 1.47 bits per heavy atom. The lowest BCUT2D eigenvalue weighted by Crippen LogP contribution is -2.41. The quantitative estimate of drug-likeness (QED) is 0.420. The van der Waals surface area contributed by atoms with Crippen LogP contribution in [0, 0.1) is 13.8 Å². The number of ether oxygens (including phenoxy) is 1. The van der Waals surface area contributed by atoms with Crippen molar-refractivity contribution in [2.24, 2.45) is 0 Å². The van der Waals surface area contributed by atoms with Crippen molar-refractivity contribution in [1.82, 2.24) is 10.9 Å². The third-order valence-corrected chi connectivity index (χ3v) is 5.30. The van der Waals surface area contributed by atoms with Crippen LogP contribution in [0.2, 0.25) is 0 Å². The zero-order valence-corrected chi connectivity index (χ0v) is 19.4. The van der Waals surface area contributed by atoms with Crippen molar-refractivity contribution in [2.45, 2.75) is 33.1 Å². The third-order valence-electron chi connectivity index (χ3n) is 5.30. The third kappa shape index (κ3) is 7.78. The summed E-state index contributed by atoms with van der Waals surface area (Å²) >= 11 is 0. The molecule has 0 heterocycles. The van der Waals surface area contributed by atoms with Crippen LogP contribution in [0.4, 0.5) is 5.69 Å². The van der Waals surface area contributed by atoms with Crippen LogP contribution in [0.5, 0.6) is 5.75 Å². The van der Waals surface area contributed by atoms with Crippen LogP contribution >= 0.6 is 0 Å². The SMILES string of the molecule is Cc1ccc(NC(=O)CCC(=O)NNC(=O)c2ccc(OCCc3ccccc3)cc2)cc1C. The maximum absolute atomic E-state index is 12.3. The van der Waals surface area contributed by atoms with E-state index in [1.165, 1.54) is 5.56 Å². The van der Waals surface area contributed by atoms with Crippen molar-refractivity contribution < 1.29 is 19.1 Å². The van der Waals surface area contributed by atoms with Gasteiger partial charge in [-0.05, 0) is 66.9 Å². The van der Waals surface area contributed by atoms with E-state index in [2.05, 4.69) is 16.2 Å². The maximum Gasteiger partial charge on any atom is 0.269 e. The molecular formula is C27H29N3O4. The standard InChI is InChI=1S/C27H29N3O4/c1-19-8-11-23(18-20(19)2)28-25(31)14-15-26(32)29-30-27(33)22-9-12-24(13-10-22)34-17-16-21-6-4-3-5-7-21/h3-13,18H,14-17H2,1-2H3,(H,28,31)(H,29,32)(H,30,33). The number of amides is 3. The number of carbonyl (C=O) groups excluding carboxylic acids is 3. The fraction of sp³-hybridized carbons (Fsp3) is 0.222. The van der Waals surface area contributed by atoms with Gasteiger partial charge in [0, 0.05) is 30.5 Å². The zero-order chi connectivity index (χ0) is 24.3. The Hall–Kier alpha value is -4.13. The number of aryl methyl sites for hydroxylation is 2. The number of nitrogens with one attached hydrogen (secondary N) is 3. The Kier molecular flexibility index (Phi) is 8.80. The van der Waals surface area contributed by atoms with Crippen molar-refractivity contribution in [2.75, 3.05) is 11.9 Å². The summed E-state index contributed by atoms with van der Waals surface area (Å²) in [4.78, 5) is 36.3. The van der Waals surface area contributed by atoms with Gasteiger partial charge in [0.15, 0.2) is 0 Å². The molecule has 7 nitrogen and oxygen atoms in total. The summed E-state index contributed by atoms with van der Waals surface area (Å²) in [7, 11) is 0. The Bertz CT molecular complexity index is 1130. The van der Waals surface area contributed by atoms with Gasteiger partial charge in [-0.2, -0.15) is 0 Å². The molecule has 7 heteroatoms. The van der Waals surface area contributed by atoms with Gasteiger partial charge in [-0.1, -0.05) is 36.4 Å². The molecular weight excluding hydrogens is 430 g/mol. The first-order valence-electron chi connectivity index (χ1n) is 11.1. The molecule has 176 valence electrons. The molecule has 0 unspecified atom stereocenters. The highest BCUT2D eigenvalue weighted by molar-refractivity contribution is 5.96. The Balaban J connectivity index is 1.35. The van der Waals surface area contributed by atoms with Gasteiger partial charge in [0.2, 0.25) is 11.8 Å². The molecule has 0 atom stereocenters. The molecule has 34 heavy (non-hydrogen) atoms. The highest BCUT2D eigenvalue weighted by Gasteiger charge is 2.10. The Morgan fingerprint density at radius 3 is 2.18 bits per heavy atom. The number of rotatable bonds is 9. The molecule has 0 saturated heterocycles. The molecule has 0 aliphatic heterocycles. The number of hydrogen-bond acceptors (Lipinski definition) is 4. The second-order valence-corrected chi connectivity index (χ2v) is 7.96. The summed E-state index contributed by atoms with van der Waals surface area (Å²) in [6.45, 7) is 4.49. The molecule has 3 rings (SSSR count). The first-order chi connectivity index (χ1) is 16.4. The van der Waals surface area contributed by atoms with Gasteiger partial charge in [0.1, 0.15) is 5.75 Å². The van der Waals surface area contributed by atoms with Gasteiger partial charge >= 0.3 is 0 Å². The summed E-state index contributed by atoms with van der Waals surface area (Å²) in [6, 6.07) is 22.3. The fourth-order valence-corrected chi connectivity index (χ4v) is 3.16. The van der Waals surface area contributed by atoms with Gasteiger partial charge in [-0.25, -0.2) is 0 Å². The first kappa shape index (κ1) is 24.5. The maximum atomic E-state index is 12.3. The van der Waals surface area contributed by atoms with E-state index >= 15 is 0 Å². The van der Waals surface area contributed by atoms with Crippen molar-refractivity contribution in [3.8, 4) is 5.75 Å².